The molecule has 124 valence electrons. The molecule has 0 aliphatic carbocycles. The highest BCUT2D eigenvalue weighted by atomic mass is 16.5. The van der Waals surface area contributed by atoms with Gasteiger partial charge in [-0.1, -0.05) is 29.8 Å². The molecule has 6 nitrogen and oxygen atoms in total. The molecule has 1 atom stereocenters. The highest BCUT2D eigenvalue weighted by Crippen LogP contribution is 2.23. The van der Waals surface area contributed by atoms with E-state index in [0.29, 0.717) is 11.3 Å². The molecule has 0 spiro atoms. The first-order valence-electron chi connectivity index (χ1n) is 7.72. The monoisotopic (exact) mass is 325 g/mol. The van der Waals surface area contributed by atoms with Crippen molar-refractivity contribution in [3.05, 3.63) is 59.7 Å². The molecule has 6 heteroatoms. The number of fused-ring (bicyclic) bond motifs is 1. The van der Waals surface area contributed by atoms with Crippen LogP contribution in [0.15, 0.2) is 48.5 Å². The molecule has 2 N–H and O–H groups in total. The highest BCUT2D eigenvalue weighted by molar-refractivity contribution is 6.02. The van der Waals surface area contributed by atoms with E-state index in [1.807, 2.05) is 31.2 Å². The number of nitrogens with zero attached hydrogens (tertiary/aromatic N) is 1. The van der Waals surface area contributed by atoms with E-state index < -0.39 is 5.91 Å². The van der Waals surface area contributed by atoms with E-state index >= 15 is 0 Å². The van der Waals surface area contributed by atoms with Gasteiger partial charge < -0.3 is 10.1 Å². The van der Waals surface area contributed by atoms with Gasteiger partial charge in [0, 0.05) is 5.69 Å². The molecule has 0 saturated carbocycles. The first-order chi connectivity index (χ1) is 11.5. The van der Waals surface area contributed by atoms with Crippen molar-refractivity contribution in [1.82, 2.24) is 10.4 Å². The molecule has 0 radical (unpaired) electrons. The number of hydrogen-bond acceptors (Lipinski definition) is 4. The Morgan fingerprint density at radius 1 is 1.21 bits per heavy atom. The first-order valence-corrected chi connectivity index (χ1v) is 7.72. The van der Waals surface area contributed by atoms with Crippen molar-refractivity contribution < 1.29 is 14.3 Å². The van der Waals surface area contributed by atoms with Crippen molar-refractivity contribution in [1.29, 1.82) is 0 Å². The molecular formula is C18H19N3O3. The topological polar surface area (TPSA) is 70.7 Å². The maximum Gasteiger partial charge on any atom is 0.276 e. The fraction of sp³-hybridized carbons (Fsp3) is 0.222. The summed E-state index contributed by atoms with van der Waals surface area (Å²) in [6.07, 6.45) is -0.351. The molecule has 1 aliphatic rings. The number of hydrazine groups is 1. The van der Waals surface area contributed by atoms with Crippen LogP contribution in [0.25, 0.3) is 0 Å². The summed E-state index contributed by atoms with van der Waals surface area (Å²) in [6, 6.07) is 14.6. The third-order valence-electron chi connectivity index (χ3n) is 3.76. The van der Waals surface area contributed by atoms with Gasteiger partial charge in [-0.25, -0.2) is 5.01 Å². The van der Waals surface area contributed by atoms with Crippen molar-refractivity contribution in [2.45, 2.75) is 20.0 Å². The number of ether oxygens (including phenoxy) is 1. The summed E-state index contributed by atoms with van der Waals surface area (Å²) in [5.41, 5.74) is 5.00. The third-order valence-corrected chi connectivity index (χ3v) is 3.76. The second-order valence-corrected chi connectivity index (χ2v) is 5.68. The van der Waals surface area contributed by atoms with E-state index in [0.717, 1.165) is 11.3 Å². The lowest BCUT2D eigenvalue weighted by Crippen LogP contribution is -2.56. The molecule has 2 amide bonds. The Hall–Kier alpha value is -3.02. The normalized spacial score (nSPS) is 16.2. The maximum atomic E-state index is 12.5. The van der Waals surface area contributed by atoms with E-state index in [2.05, 4.69) is 10.7 Å². The Balaban J connectivity index is 1.62. The lowest BCUT2D eigenvalue weighted by atomic mass is 10.1. The predicted molar refractivity (Wildman–Crippen MR) is 90.5 cm³/mol. The standard InChI is InChI=1S/C18H19N3O3/c1-12-7-9-14(10-8-12)24-11-17(22)20-21-13(2)19-16-6-4-3-5-15(16)18(21)23/h3-10,13,19H,11H2,1-2H3,(H,20,22). The molecule has 2 aromatic carbocycles. The van der Waals surface area contributed by atoms with Crippen LogP contribution < -0.4 is 15.5 Å². The van der Waals surface area contributed by atoms with Gasteiger partial charge in [-0.05, 0) is 38.1 Å². The van der Waals surface area contributed by atoms with Crippen molar-refractivity contribution in [3.63, 3.8) is 0 Å². The fourth-order valence-corrected chi connectivity index (χ4v) is 2.49. The van der Waals surface area contributed by atoms with Crippen LogP contribution >= 0.6 is 0 Å². The molecule has 3 rings (SSSR count). The highest BCUT2D eigenvalue weighted by Gasteiger charge is 2.30. The minimum Gasteiger partial charge on any atom is -0.484 e. The van der Waals surface area contributed by atoms with Crippen molar-refractivity contribution in [2.24, 2.45) is 0 Å². The number of nitrogens with one attached hydrogen (secondary N) is 2. The van der Waals surface area contributed by atoms with Crippen LogP contribution in [0.1, 0.15) is 22.8 Å². The van der Waals surface area contributed by atoms with Crippen LogP contribution in [0.5, 0.6) is 5.75 Å². The molecule has 0 fully saturated rings. The molecular weight excluding hydrogens is 306 g/mol. The summed E-state index contributed by atoms with van der Waals surface area (Å²) in [5.74, 6) is -0.0327. The van der Waals surface area contributed by atoms with Crippen LogP contribution in [0.4, 0.5) is 5.69 Å². The summed E-state index contributed by atoms with van der Waals surface area (Å²) in [7, 11) is 0. The van der Waals surface area contributed by atoms with Crippen LogP contribution in [0, 0.1) is 6.92 Å². The summed E-state index contributed by atoms with van der Waals surface area (Å²) >= 11 is 0. The Morgan fingerprint density at radius 2 is 1.92 bits per heavy atom. The van der Waals surface area contributed by atoms with Gasteiger partial charge >= 0.3 is 0 Å². The van der Waals surface area contributed by atoms with Crippen molar-refractivity contribution in [2.75, 3.05) is 11.9 Å². The van der Waals surface area contributed by atoms with Gasteiger partial charge in [-0.3, -0.25) is 15.0 Å². The fourth-order valence-electron chi connectivity index (χ4n) is 2.49. The molecule has 1 heterocycles. The summed E-state index contributed by atoms with van der Waals surface area (Å²) in [4.78, 5) is 24.6. The van der Waals surface area contributed by atoms with Gasteiger partial charge in [0.25, 0.3) is 11.8 Å². The molecule has 0 aromatic heterocycles. The summed E-state index contributed by atoms with van der Waals surface area (Å²) in [6.45, 7) is 3.61. The van der Waals surface area contributed by atoms with E-state index in [1.54, 1.807) is 31.2 Å². The molecule has 1 unspecified atom stereocenters. The molecule has 0 saturated heterocycles. The van der Waals surface area contributed by atoms with Gasteiger partial charge in [-0.2, -0.15) is 0 Å². The summed E-state index contributed by atoms with van der Waals surface area (Å²) in [5, 5.41) is 4.46. The van der Waals surface area contributed by atoms with Crippen LogP contribution in [0.2, 0.25) is 0 Å². The minimum absolute atomic E-state index is 0.165. The number of benzene rings is 2. The SMILES string of the molecule is Cc1ccc(OCC(=O)NN2C(=O)c3ccccc3NC2C)cc1. The molecule has 24 heavy (non-hydrogen) atoms. The molecule has 1 aliphatic heterocycles. The third kappa shape index (κ3) is 3.32. The number of anilines is 1. The van der Waals surface area contributed by atoms with Crippen LogP contribution in [0.3, 0.4) is 0 Å². The van der Waals surface area contributed by atoms with Gasteiger partial charge in [0.1, 0.15) is 11.9 Å². The number of para-hydroxylation sites is 1. The van der Waals surface area contributed by atoms with E-state index in [-0.39, 0.29) is 18.7 Å². The Morgan fingerprint density at radius 3 is 2.67 bits per heavy atom. The second kappa shape index (κ2) is 6.62. The van der Waals surface area contributed by atoms with Gasteiger partial charge in [-0.15, -0.1) is 0 Å². The summed E-state index contributed by atoms with van der Waals surface area (Å²) < 4.78 is 5.43. The maximum absolute atomic E-state index is 12.5. The van der Waals surface area contributed by atoms with Gasteiger partial charge in [0.2, 0.25) is 0 Å². The largest absolute Gasteiger partial charge is 0.484 e. The average Bonchev–Trinajstić information content (AvgIpc) is 2.58. The minimum atomic E-state index is -0.392. The zero-order valence-electron chi connectivity index (χ0n) is 13.6. The van der Waals surface area contributed by atoms with Crippen LogP contribution in [-0.4, -0.2) is 29.6 Å². The van der Waals surface area contributed by atoms with Crippen LogP contribution in [-0.2, 0) is 4.79 Å². The van der Waals surface area contributed by atoms with E-state index in [1.165, 1.54) is 5.01 Å². The number of hydrogen-bond donors (Lipinski definition) is 2. The first kappa shape index (κ1) is 15.9. The van der Waals surface area contributed by atoms with Gasteiger partial charge in [0.05, 0.1) is 5.56 Å². The Kier molecular flexibility index (Phi) is 4.37. The lowest BCUT2D eigenvalue weighted by molar-refractivity contribution is -0.127. The quantitative estimate of drug-likeness (QED) is 0.905. The smallest absolute Gasteiger partial charge is 0.276 e. The van der Waals surface area contributed by atoms with E-state index in [9.17, 15) is 9.59 Å². The average molecular weight is 325 g/mol. The number of amides is 2. The number of aryl methyl sites for hydroxylation is 1. The molecule has 0 bridgehead atoms. The zero-order chi connectivity index (χ0) is 17.1. The second-order valence-electron chi connectivity index (χ2n) is 5.68. The lowest BCUT2D eigenvalue weighted by Gasteiger charge is -2.35. The molecule has 2 aromatic rings. The Bertz CT molecular complexity index is 758. The van der Waals surface area contributed by atoms with Crippen molar-refractivity contribution >= 4 is 17.5 Å². The number of carbonyl (C=O) groups excluding carboxylic acids is 2. The zero-order valence-corrected chi connectivity index (χ0v) is 13.6. The Labute approximate surface area is 140 Å². The van der Waals surface area contributed by atoms with Gasteiger partial charge in [0.15, 0.2) is 6.61 Å². The van der Waals surface area contributed by atoms with Crippen molar-refractivity contribution in [3.8, 4) is 5.75 Å². The predicted octanol–water partition coefficient (Wildman–Crippen LogP) is 2.32. The number of carbonyl (C=O) groups is 2. The van der Waals surface area contributed by atoms with E-state index in [4.69, 9.17) is 4.74 Å². The number of rotatable bonds is 4.